The fourth-order valence-corrected chi connectivity index (χ4v) is 2.16. The summed E-state index contributed by atoms with van der Waals surface area (Å²) in [7, 11) is 1.72. The molecule has 0 aliphatic heterocycles. The summed E-state index contributed by atoms with van der Waals surface area (Å²) in [6.45, 7) is 7.45. The second kappa shape index (κ2) is 8.48. The van der Waals surface area contributed by atoms with E-state index >= 15 is 0 Å². The summed E-state index contributed by atoms with van der Waals surface area (Å²) >= 11 is 3.39. The van der Waals surface area contributed by atoms with Gasteiger partial charge in [0, 0.05) is 24.6 Å². The van der Waals surface area contributed by atoms with E-state index in [2.05, 4.69) is 21.2 Å². The van der Waals surface area contributed by atoms with Crippen molar-refractivity contribution in [2.75, 3.05) is 20.1 Å². The minimum absolute atomic E-state index is 0.246. The van der Waals surface area contributed by atoms with Crippen molar-refractivity contribution in [3.63, 3.8) is 0 Å². The van der Waals surface area contributed by atoms with Gasteiger partial charge in [0.1, 0.15) is 11.4 Å². The molecular weight excluding hydrogens is 351 g/mol. The number of halogens is 2. The van der Waals surface area contributed by atoms with Crippen LogP contribution in [-0.4, -0.2) is 36.7 Å². The maximum atomic E-state index is 13.1. The Morgan fingerprint density at radius 2 is 2.09 bits per heavy atom. The SMILES string of the molecule is CN(CCCNCc1cc(F)ccc1Br)C(=O)OC(C)(C)C. The number of hydrogen-bond donors (Lipinski definition) is 1. The maximum absolute atomic E-state index is 13.1. The van der Waals surface area contributed by atoms with E-state index in [0.717, 1.165) is 23.0 Å². The summed E-state index contributed by atoms with van der Waals surface area (Å²) in [5.41, 5.74) is 0.397. The van der Waals surface area contributed by atoms with Crippen LogP contribution in [0.3, 0.4) is 0 Å². The molecule has 0 fully saturated rings. The number of carbonyl (C=O) groups excluding carboxylic acids is 1. The Balaban J connectivity index is 2.25. The van der Waals surface area contributed by atoms with Gasteiger partial charge in [-0.05, 0) is 57.5 Å². The Morgan fingerprint density at radius 3 is 2.73 bits per heavy atom. The van der Waals surface area contributed by atoms with E-state index in [1.807, 2.05) is 20.8 Å². The molecule has 6 heteroatoms. The molecule has 0 aliphatic rings. The molecule has 1 rings (SSSR count). The third-order valence-electron chi connectivity index (χ3n) is 2.88. The first-order valence-electron chi connectivity index (χ1n) is 7.28. The van der Waals surface area contributed by atoms with Crippen LogP contribution in [-0.2, 0) is 11.3 Å². The molecule has 0 spiro atoms. The number of rotatable bonds is 6. The van der Waals surface area contributed by atoms with E-state index in [4.69, 9.17) is 4.74 Å². The Labute approximate surface area is 140 Å². The van der Waals surface area contributed by atoms with Crippen molar-refractivity contribution in [3.05, 3.63) is 34.1 Å². The van der Waals surface area contributed by atoms with Crippen LogP contribution in [0.15, 0.2) is 22.7 Å². The smallest absolute Gasteiger partial charge is 0.410 e. The van der Waals surface area contributed by atoms with Gasteiger partial charge in [-0.2, -0.15) is 0 Å². The molecule has 4 nitrogen and oxygen atoms in total. The molecule has 1 aromatic rings. The highest BCUT2D eigenvalue weighted by Gasteiger charge is 2.18. The Morgan fingerprint density at radius 1 is 1.41 bits per heavy atom. The Bertz CT molecular complexity index is 503. The quantitative estimate of drug-likeness (QED) is 0.766. The van der Waals surface area contributed by atoms with Gasteiger partial charge in [0.2, 0.25) is 0 Å². The number of nitrogens with one attached hydrogen (secondary N) is 1. The molecule has 0 unspecified atom stereocenters. The molecule has 124 valence electrons. The van der Waals surface area contributed by atoms with Gasteiger partial charge < -0.3 is 15.0 Å². The van der Waals surface area contributed by atoms with Crippen LogP contribution in [0.5, 0.6) is 0 Å². The third-order valence-corrected chi connectivity index (χ3v) is 3.65. The van der Waals surface area contributed by atoms with E-state index in [9.17, 15) is 9.18 Å². The van der Waals surface area contributed by atoms with Crippen molar-refractivity contribution in [1.82, 2.24) is 10.2 Å². The average Bonchev–Trinajstić information content (AvgIpc) is 2.40. The highest BCUT2D eigenvalue weighted by Crippen LogP contribution is 2.17. The largest absolute Gasteiger partial charge is 0.444 e. The van der Waals surface area contributed by atoms with Gasteiger partial charge in [-0.25, -0.2) is 9.18 Å². The van der Waals surface area contributed by atoms with E-state index in [0.29, 0.717) is 13.1 Å². The molecule has 0 atom stereocenters. The number of hydrogen-bond acceptors (Lipinski definition) is 3. The lowest BCUT2D eigenvalue weighted by Gasteiger charge is -2.24. The summed E-state index contributed by atoms with van der Waals surface area (Å²) in [5.74, 6) is -0.246. The van der Waals surface area contributed by atoms with E-state index in [1.54, 1.807) is 18.0 Å². The average molecular weight is 375 g/mol. The summed E-state index contributed by atoms with van der Waals surface area (Å²) in [5, 5.41) is 3.24. The van der Waals surface area contributed by atoms with Crippen LogP contribution < -0.4 is 5.32 Å². The zero-order valence-corrected chi connectivity index (χ0v) is 15.2. The van der Waals surface area contributed by atoms with Gasteiger partial charge in [0.05, 0.1) is 0 Å². The predicted molar refractivity (Wildman–Crippen MR) is 89.3 cm³/mol. The molecule has 1 amide bonds. The lowest BCUT2D eigenvalue weighted by molar-refractivity contribution is 0.0297. The lowest BCUT2D eigenvalue weighted by atomic mass is 10.2. The number of benzene rings is 1. The van der Waals surface area contributed by atoms with Gasteiger partial charge in [0.15, 0.2) is 0 Å². The molecule has 0 saturated heterocycles. The fraction of sp³-hybridized carbons (Fsp3) is 0.562. The summed E-state index contributed by atoms with van der Waals surface area (Å²) < 4.78 is 19.3. The third kappa shape index (κ3) is 7.22. The standard InChI is InChI=1S/C16H24BrFN2O2/c1-16(2,3)22-15(21)20(4)9-5-8-19-11-12-10-13(18)6-7-14(12)17/h6-7,10,19H,5,8-9,11H2,1-4H3. The summed E-state index contributed by atoms with van der Waals surface area (Å²) in [4.78, 5) is 13.3. The van der Waals surface area contributed by atoms with Crippen LogP contribution in [0.25, 0.3) is 0 Å². The van der Waals surface area contributed by atoms with Gasteiger partial charge in [-0.15, -0.1) is 0 Å². The van der Waals surface area contributed by atoms with Gasteiger partial charge >= 0.3 is 6.09 Å². The monoisotopic (exact) mass is 374 g/mol. The second-order valence-electron chi connectivity index (χ2n) is 6.17. The van der Waals surface area contributed by atoms with Crippen molar-refractivity contribution in [3.8, 4) is 0 Å². The number of carbonyl (C=O) groups is 1. The molecule has 22 heavy (non-hydrogen) atoms. The van der Waals surface area contributed by atoms with Crippen LogP contribution in [0.2, 0.25) is 0 Å². The van der Waals surface area contributed by atoms with Crippen molar-refractivity contribution < 1.29 is 13.9 Å². The van der Waals surface area contributed by atoms with Gasteiger partial charge in [-0.3, -0.25) is 0 Å². The van der Waals surface area contributed by atoms with Crippen molar-refractivity contribution in [1.29, 1.82) is 0 Å². The van der Waals surface area contributed by atoms with Crippen LogP contribution in [0.1, 0.15) is 32.8 Å². The highest BCUT2D eigenvalue weighted by molar-refractivity contribution is 9.10. The molecule has 0 heterocycles. The predicted octanol–water partition coefficient (Wildman–Crippen LogP) is 3.93. The van der Waals surface area contributed by atoms with Gasteiger partial charge in [-0.1, -0.05) is 15.9 Å². The molecule has 0 saturated carbocycles. The van der Waals surface area contributed by atoms with E-state index in [1.165, 1.54) is 12.1 Å². The first-order valence-corrected chi connectivity index (χ1v) is 8.07. The fourth-order valence-electron chi connectivity index (χ4n) is 1.77. The molecule has 1 aromatic carbocycles. The lowest BCUT2D eigenvalue weighted by Crippen LogP contribution is -2.35. The second-order valence-corrected chi connectivity index (χ2v) is 7.02. The van der Waals surface area contributed by atoms with Crippen molar-refractivity contribution in [2.45, 2.75) is 39.3 Å². The highest BCUT2D eigenvalue weighted by atomic mass is 79.9. The van der Waals surface area contributed by atoms with Crippen LogP contribution >= 0.6 is 15.9 Å². The summed E-state index contributed by atoms with van der Waals surface area (Å²) in [6.07, 6.45) is 0.475. The molecular formula is C16H24BrFN2O2. The van der Waals surface area contributed by atoms with Gasteiger partial charge in [0.25, 0.3) is 0 Å². The van der Waals surface area contributed by atoms with Crippen molar-refractivity contribution in [2.24, 2.45) is 0 Å². The summed E-state index contributed by atoms with van der Waals surface area (Å²) in [6, 6.07) is 4.62. The minimum Gasteiger partial charge on any atom is -0.444 e. The Hall–Kier alpha value is -1.14. The zero-order valence-electron chi connectivity index (χ0n) is 13.6. The zero-order chi connectivity index (χ0) is 16.8. The topological polar surface area (TPSA) is 41.6 Å². The van der Waals surface area contributed by atoms with E-state index < -0.39 is 5.60 Å². The minimum atomic E-state index is -0.479. The number of nitrogens with zero attached hydrogens (tertiary/aromatic N) is 1. The van der Waals surface area contributed by atoms with Crippen molar-refractivity contribution >= 4 is 22.0 Å². The first-order chi connectivity index (χ1) is 10.2. The molecule has 0 radical (unpaired) electrons. The molecule has 1 N–H and O–H groups in total. The molecule has 0 aliphatic carbocycles. The molecule has 0 aromatic heterocycles. The normalized spacial score (nSPS) is 11.4. The number of ether oxygens (including phenoxy) is 1. The molecule has 0 bridgehead atoms. The maximum Gasteiger partial charge on any atom is 0.410 e. The van der Waals surface area contributed by atoms with Crippen LogP contribution in [0, 0.1) is 5.82 Å². The van der Waals surface area contributed by atoms with Crippen LogP contribution in [0.4, 0.5) is 9.18 Å². The Kier molecular flexibility index (Phi) is 7.29. The first kappa shape index (κ1) is 18.9. The number of amides is 1. The van der Waals surface area contributed by atoms with E-state index in [-0.39, 0.29) is 11.9 Å².